The molecule has 0 aliphatic rings. The van der Waals surface area contributed by atoms with E-state index in [1.807, 2.05) is 6.08 Å². The largest absolute Gasteiger partial charge is 0.298 e. The summed E-state index contributed by atoms with van der Waals surface area (Å²) in [6.45, 7) is 10.4. The molecule has 0 amide bonds. The van der Waals surface area contributed by atoms with E-state index in [-0.39, 0.29) is 5.41 Å². The highest BCUT2D eigenvalue weighted by molar-refractivity contribution is 5.86. The van der Waals surface area contributed by atoms with E-state index in [0.29, 0.717) is 0 Å². The van der Waals surface area contributed by atoms with Crippen molar-refractivity contribution in [1.82, 2.24) is 4.90 Å². The Balaban J connectivity index is 2.06. The molecule has 0 bridgehead atoms. The van der Waals surface area contributed by atoms with Crippen LogP contribution in [0.25, 0.3) is 10.8 Å². The molecule has 2 rings (SSSR count). The summed E-state index contributed by atoms with van der Waals surface area (Å²) in [4.78, 5) is 2.32. The molecule has 120 valence electrons. The van der Waals surface area contributed by atoms with Crippen molar-refractivity contribution in [3.63, 3.8) is 0 Å². The molecule has 0 radical (unpaired) electrons. The van der Waals surface area contributed by atoms with Crippen LogP contribution in [0.3, 0.4) is 0 Å². The molecule has 2 aromatic rings. The Morgan fingerprint density at radius 2 is 1.83 bits per heavy atom. The molecule has 1 nitrogen and oxygen atoms in total. The molecule has 0 atom stereocenters. The second-order valence-corrected chi connectivity index (χ2v) is 7.20. The first kappa shape index (κ1) is 17.3. The van der Waals surface area contributed by atoms with Crippen molar-refractivity contribution >= 4 is 10.8 Å². The van der Waals surface area contributed by atoms with Gasteiger partial charge in [-0.2, -0.15) is 0 Å². The number of allylic oxidation sites excluding steroid dienone is 1. The average Bonchev–Trinajstić information content (AvgIpc) is 2.49. The maximum absolute atomic E-state index is 3.22. The van der Waals surface area contributed by atoms with E-state index in [9.17, 15) is 0 Å². The third kappa shape index (κ3) is 5.27. The fraction of sp³-hybridized carbons (Fsp3) is 0.364. The van der Waals surface area contributed by atoms with E-state index >= 15 is 0 Å². The number of rotatable bonds is 4. The summed E-state index contributed by atoms with van der Waals surface area (Å²) in [6, 6.07) is 13.0. The van der Waals surface area contributed by atoms with Crippen molar-refractivity contribution in [2.75, 3.05) is 13.6 Å². The lowest BCUT2D eigenvalue weighted by Crippen LogP contribution is -2.18. The van der Waals surface area contributed by atoms with Gasteiger partial charge in [0, 0.05) is 18.5 Å². The van der Waals surface area contributed by atoms with Crippen LogP contribution < -0.4 is 0 Å². The summed E-state index contributed by atoms with van der Waals surface area (Å²) >= 11 is 0. The first-order valence-electron chi connectivity index (χ1n) is 8.20. The van der Waals surface area contributed by atoms with Crippen molar-refractivity contribution in [3.8, 4) is 11.8 Å². The molecular weight excluding hydrogens is 278 g/mol. The van der Waals surface area contributed by atoms with Crippen molar-refractivity contribution < 1.29 is 0 Å². The number of fused-ring (bicyclic) bond motifs is 1. The highest BCUT2D eigenvalue weighted by Gasteiger charge is 2.07. The van der Waals surface area contributed by atoms with Gasteiger partial charge < -0.3 is 0 Å². The molecular formula is C22H27N. The predicted molar refractivity (Wildman–Crippen MR) is 101 cm³/mol. The molecule has 0 aromatic heterocycles. The topological polar surface area (TPSA) is 3.24 Å². The third-order valence-electron chi connectivity index (χ3n) is 3.77. The molecule has 0 spiro atoms. The van der Waals surface area contributed by atoms with Gasteiger partial charge in [0.15, 0.2) is 0 Å². The maximum Gasteiger partial charge on any atom is 0.0242 e. The summed E-state index contributed by atoms with van der Waals surface area (Å²) in [5, 5.41) is 2.67. The van der Waals surface area contributed by atoms with Gasteiger partial charge in [0.1, 0.15) is 0 Å². The van der Waals surface area contributed by atoms with Gasteiger partial charge in [-0.1, -0.05) is 54.3 Å². The van der Waals surface area contributed by atoms with Crippen molar-refractivity contribution in [1.29, 1.82) is 0 Å². The molecule has 0 N–H and O–H groups in total. The fourth-order valence-corrected chi connectivity index (χ4v) is 2.54. The van der Waals surface area contributed by atoms with Crippen LogP contribution in [0.5, 0.6) is 0 Å². The molecule has 0 unspecified atom stereocenters. The Kier molecular flexibility index (Phi) is 5.64. The van der Waals surface area contributed by atoms with Crippen molar-refractivity contribution in [2.45, 2.75) is 34.2 Å². The normalized spacial score (nSPS) is 11.9. The van der Waals surface area contributed by atoms with Crippen LogP contribution in [0, 0.1) is 24.2 Å². The molecule has 0 saturated heterocycles. The van der Waals surface area contributed by atoms with Crippen LogP contribution in [0.4, 0.5) is 0 Å². The summed E-state index contributed by atoms with van der Waals surface area (Å²) in [5.74, 6) is 6.35. The van der Waals surface area contributed by atoms with Crippen LogP contribution >= 0.6 is 0 Å². The zero-order valence-corrected chi connectivity index (χ0v) is 15.0. The maximum atomic E-state index is 3.22. The molecule has 0 heterocycles. The second-order valence-electron chi connectivity index (χ2n) is 7.20. The van der Waals surface area contributed by atoms with Gasteiger partial charge in [-0.25, -0.2) is 0 Å². The molecule has 0 aliphatic heterocycles. The second kappa shape index (κ2) is 7.49. The lowest BCUT2D eigenvalue weighted by molar-refractivity contribution is 0.364. The number of likely N-dealkylation sites (N-methyl/N-ethyl adjacent to an activating group) is 1. The van der Waals surface area contributed by atoms with Crippen LogP contribution in [0.1, 0.15) is 31.9 Å². The van der Waals surface area contributed by atoms with E-state index in [1.54, 1.807) is 0 Å². The van der Waals surface area contributed by atoms with Gasteiger partial charge in [-0.15, -0.1) is 0 Å². The summed E-state index contributed by atoms with van der Waals surface area (Å²) in [5.41, 5.74) is 2.84. The first-order chi connectivity index (χ1) is 10.9. The molecule has 1 heteroatoms. The lowest BCUT2D eigenvalue weighted by Gasteiger charge is -2.18. The summed E-state index contributed by atoms with van der Waals surface area (Å²) in [7, 11) is 2.16. The SMILES string of the molecule is Cc1ccc2ccccc2c1CN(C)CC=CC#CC(C)(C)C. The highest BCUT2D eigenvalue weighted by atomic mass is 15.1. The lowest BCUT2D eigenvalue weighted by atomic mass is 9.98. The van der Waals surface area contributed by atoms with Crippen molar-refractivity contribution in [3.05, 3.63) is 59.7 Å². The average molecular weight is 305 g/mol. The van der Waals surface area contributed by atoms with E-state index in [4.69, 9.17) is 0 Å². The Morgan fingerprint density at radius 1 is 1.09 bits per heavy atom. The van der Waals surface area contributed by atoms with Crippen molar-refractivity contribution in [2.24, 2.45) is 5.41 Å². The first-order valence-corrected chi connectivity index (χ1v) is 8.20. The minimum atomic E-state index is 0.0658. The quantitative estimate of drug-likeness (QED) is 0.703. The zero-order chi connectivity index (χ0) is 16.9. The van der Waals surface area contributed by atoms with Crippen LogP contribution in [0.2, 0.25) is 0 Å². The van der Waals surface area contributed by atoms with Gasteiger partial charge in [0.2, 0.25) is 0 Å². The van der Waals surface area contributed by atoms with Gasteiger partial charge in [0.25, 0.3) is 0 Å². The number of hydrogen-bond donors (Lipinski definition) is 0. The number of aryl methyl sites for hydroxylation is 1. The van der Waals surface area contributed by atoms with E-state index < -0.39 is 0 Å². The van der Waals surface area contributed by atoms with Gasteiger partial charge in [0.05, 0.1) is 0 Å². The Morgan fingerprint density at radius 3 is 2.57 bits per heavy atom. The van der Waals surface area contributed by atoms with Gasteiger partial charge >= 0.3 is 0 Å². The van der Waals surface area contributed by atoms with Crippen LogP contribution in [-0.4, -0.2) is 18.5 Å². The smallest absolute Gasteiger partial charge is 0.0242 e. The minimum Gasteiger partial charge on any atom is -0.298 e. The van der Waals surface area contributed by atoms with Gasteiger partial charge in [-0.05, 0) is 62.7 Å². The van der Waals surface area contributed by atoms with Crippen LogP contribution in [0.15, 0.2) is 48.6 Å². The number of nitrogens with zero attached hydrogens (tertiary/aromatic N) is 1. The standard InChI is InChI=1S/C22H27N/c1-18-13-14-19-11-7-8-12-20(19)21(18)17-23(5)16-10-6-9-15-22(2,3)4/h6-8,10-14H,16-17H2,1-5H3. The third-order valence-corrected chi connectivity index (χ3v) is 3.77. The highest BCUT2D eigenvalue weighted by Crippen LogP contribution is 2.23. The summed E-state index contributed by atoms with van der Waals surface area (Å²) in [6.07, 6.45) is 4.11. The van der Waals surface area contributed by atoms with E-state index in [0.717, 1.165) is 13.1 Å². The minimum absolute atomic E-state index is 0.0658. The molecule has 0 aliphatic carbocycles. The number of benzene rings is 2. The van der Waals surface area contributed by atoms with Gasteiger partial charge in [-0.3, -0.25) is 4.90 Å². The zero-order valence-electron chi connectivity index (χ0n) is 15.0. The summed E-state index contributed by atoms with van der Waals surface area (Å²) < 4.78 is 0. The van der Waals surface area contributed by atoms with E-state index in [2.05, 4.69) is 94.0 Å². The Bertz CT molecular complexity index is 751. The molecule has 0 fully saturated rings. The van der Waals surface area contributed by atoms with Crippen LogP contribution in [-0.2, 0) is 6.54 Å². The monoisotopic (exact) mass is 305 g/mol. The number of hydrogen-bond acceptors (Lipinski definition) is 1. The predicted octanol–water partition coefficient (Wildman–Crippen LogP) is 5.19. The fourth-order valence-electron chi connectivity index (χ4n) is 2.54. The molecule has 2 aromatic carbocycles. The Hall–Kier alpha value is -2.04. The molecule has 23 heavy (non-hydrogen) atoms. The molecule has 0 saturated carbocycles. The Labute approximate surface area is 141 Å². The van der Waals surface area contributed by atoms with E-state index in [1.165, 1.54) is 21.9 Å².